The zero-order chi connectivity index (χ0) is 14.2. The molecule has 1 amide bonds. The minimum Gasteiger partial charge on any atom is -0.385 e. The molecule has 0 unspecified atom stereocenters. The number of anilines is 1. The van der Waals surface area contributed by atoms with E-state index < -0.39 is 0 Å². The van der Waals surface area contributed by atoms with Crippen LogP contribution < -0.4 is 10.6 Å². The van der Waals surface area contributed by atoms with Crippen molar-refractivity contribution < 1.29 is 4.79 Å². The van der Waals surface area contributed by atoms with Crippen LogP contribution >= 0.6 is 0 Å². The molecule has 2 fully saturated rings. The van der Waals surface area contributed by atoms with Crippen LogP contribution in [0, 0.1) is 17.8 Å². The van der Waals surface area contributed by atoms with Gasteiger partial charge < -0.3 is 10.6 Å². The van der Waals surface area contributed by atoms with E-state index in [9.17, 15) is 4.79 Å². The SMILES string of the molecule is O=C(NCC(C1CC1)C1CC1)c1cccc2c1CCCN2. The highest BCUT2D eigenvalue weighted by atomic mass is 16.1. The van der Waals surface area contributed by atoms with Crippen molar-refractivity contribution in [3.63, 3.8) is 0 Å². The summed E-state index contributed by atoms with van der Waals surface area (Å²) >= 11 is 0. The summed E-state index contributed by atoms with van der Waals surface area (Å²) in [7, 11) is 0. The third-order valence-electron chi connectivity index (χ3n) is 5.29. The molecule has 3 nitrogen and oxygen atoms in total. The molecular weight excluding hydrogens is 260 g/mol. The molecule has 1 heterocycles. The lowest BCUT2D eigenvalue weighted by molar-refractivity contribution is 0.0942. The van der Waals surface area contributed by atoms with Crippen molar-refractivity contribution in [2.24, 2.45) is 17.8 Å². The predicted molar refractivity (Wildman–Crippen MR) is 84.5 cm³/mol. The van der Waals surface area contributed by atoms with E-state index in [1.165, 1.54) is 31.2 Å². The molecule has 3 heteroatoms. The van der Waals surface area contributed by atoms with Gasteiger partial charge in [0.1, 0.15) is 0 Å². The number of hydrogen-bond acceptors (Lipinski definition) is 2. The molecule has 0 radical (unpaired) electrons. The van der Waals surface area contributed by atoms with Gasteiger partial charge in [0.2, 0.25) is 0 Å². The first-order chi connectivity index (χ1) is 10.3. The van der Waals surface area contributed by atoms with Gasteiger partial charge in [-0.05, 0) is 74.0 Å². The van der Waals surface area contributed by atoms with Crippen molar-refractivity contribution in [1.82, 2.24) is 5.32 Å². The summed E-state index contributed by atoms with van der Waals surface area (Å²) in [5.41, 5.74) is 3.23. The van der Waals surface area contributed by atoms with E-state index in [1.54, 1.807) is 0 Å². The second-order valence-electron chi connectivity index (χ2n) is 6.91. The van der Waals surface area contributed by atoms with Gasteiger partial charge in [-0.1, -0.05) is 6.07 Å². The van der Waals surface area contributed by atoms with Gasteiger partial charge in [-0.2, -0.15) is 0 Å². The standard InChI is InChI=1S/C18H24N2O/c21-18(20-11-16(12-6-7-12)13-8-9-13)15-3-1-5-17-14(15)4-2-10-19-17/h1,3,5,12-13,16,19H,2,4,6-11H2,(H,20,21). The maximum absolute atomic E-state index is 12.6. The van der Waals surface area contributed by atoms with Crippen molar-refractivity contribution in [2.45, 2.75) is 38.5 Å². The molecule has 0 bridgehead atoms. The Hall–Kier alpha value is -1.51. The van der Waals surface area contributed by atoms with Gasteiger partial charge in [0.15, 0.2) is 0 Å². The number of carbonyl (C=O) groups is 1. The van der Waals surface area contributed by atoms with Gasteiger partial charge in [0, 0.05) is 24.3 Å². The lowest BCUT2D eigenvalue weighted by Gasteiger charge is -2.21. The van der Waals surface area contributed by atoms with E-state index in [1.807, 2.05) is 12.1 Å². The maximum atomic E-state index is 12.6. The summed E-state index contributed by atoms with van der Waals surface area (Å²) in [6, 6.07) is 6.05. The van der Waals surface area contributed by atoms with Gasteiger partial charge in [-0.3, -0.25) is 4.79 Å². The number of benzene rings is 1. The summed E-state index contributed by atoms with van der Waals surface area (Å²) in [5.74, 6) is 2.65. The van der Waals surface area contributed by atoms with E-state index in [0.29, 0.717) is 0 Å². The molecule has 2 aliphatic carbocycles. The molecule has 2 saturated carbocycles. The van der Waals surface area contributed by atoms with Crippen molar-refractivity contribution in [3.05, 3.63) is 29.3 Å². The van der Waals surface area contributed by atoms with Crippen LogP contribution in [0.25, 0.3) is 0 Å². The van der Waals surface area contributed by atoms with Crippen LogP contribution in [0.3, 0.4) is 0 Å². The summed E-state index contributed by atoms with van der Waals surface area (Å²) < 4.78 is 0. The molecule has 1 aromatic rings. The zero-order valence-electron chi connectivity index (χ0n) is 12.5. The van der Waals surface area contributed by atoms with Crippen molar-refractivity contribution in [3.8, 4) is 0 Å². The van der Waals surface area contributed by atoms with E-state index >= 15 is 0 Å². The Morgan fingerprint density at radius 1 is 1.24 bits per heavy atom. The van der Waals surface area contributed by atoms with Crippen LogP contribution in [0.4, 0.5) is 5.69 Å². The van der Waals surface area contributed by atoms with Gasteiger partial charge >= 0.3 is 0 Å². The predicted octanol–water partition coefficient (Wildman–Crippen LogP) is 3.21. The molecule has 112 valence electrons. The van der Waals surface area contributed by atoms with Gasteiger partial charge in [-0.15, -0.1) is 0 Å². The van der Waals surface area contributed by atoms with Gasteiger partial charge in [0.05, 0.1) is 0 Å². The summed E-state index contributed by atoms with van der Waals surface area (Å²) in [5, 5.41) is 6.62. The fraction of sp³-hybridized carbons (Fsp3) is 0.611. The topological polar surface area (TPSA) is 41.1 Å². The molecule has 1 aliphatic heterocycles. The summed E-state index contributed by atoms with van der Waals surface area (Å²) in [6.45, 7) is 1.90. The van der Waals surface area contributed by atoms with Gasteiger partial charge in [0.25, 0.3) is 5.91 Å². The highest BCUT2D eigenvalue weighted by Crippen LogP contribution is 2.48. The average Bonchev–Trinajstić information content (AvgIpc) is 3.39. The number of amides is 1. The molecule has 1 aromatic carbocycles. The molecule has 0 aromatic heterocycles. The number of hydrogen-bond donors (Lipinski definition) is 2. The van der Waals surface area contributed by atoms with Crippen LogP contribution in [-0.4, -0.2) is 19.0 Å². The van der Waals surface area contributed by atoms with E-state index in [0.717, 1.165) is 54.9 Å². The fourth-order valence-electron chi connectivity index (χ4n) is 3.80. The third kappa shape index (κ3) is 2.78. The first-order valence-electron chi connectivity index (χ1n) is 8.47. The largest absolute Gasteiger partial charge is 0.385 e. The monoisotopic (exact) mass is 284 g/mol. The second-order valence-corrected chi connectivity index (χ2v) is 6.91. The maximum Gasteiger partial charge on any atom is 0.251 e. The Morgan fingerprint density at radius 2 is 2.00 bits per heavy atom. The quantitative estimate of drug-likeness (QED) is 0.871. The zero-order valence-corrected chi connectivity index (χ0v) is 12.5. The minimum atomic E-state index is 0.127. The number of fused-ring (bicyclic) bond motifs is 1. The summed E-state index contributed by atoms with van der Waals surface area (Å²) in [6.07, 6.45) is 7.64. The molecule has 3 aliphatic rings. The normalized spacial score (nSPS) is 20.8. The van der Waals surface area contributed by atoms with Crippen LogP contribution in [-0.2, 0) is 6.42 Å². The lowest BCUT2D eigenvalue weighted by atomic mass is 9.95. The highest BCUT2D eigenvalue weighted by Gasteiger charge is 2.41. The molecule has 4 rings (SSSR count). The Bertz CT molecular complexity index is 534. The van der Waals surface area contributed by atoms with Crippen molar-refractivity contribution in [1.29, 1.82) is 0 Å². The van der Waals surface area contributed by atoms with E-state index in [4.69, 9.17) is 0 Å². The smallest absolute Gasteiger partial charge is 0.251 e. The average molecular weight is 284 g/mol. The van der Waals surface area contributed by atoms with Gasteiger partial charge in [-0.25, -0.2) is 0 Å². The van der Waals surface area contributed by atoms with E-state index in [-0.39, 0.29) is 5.91 Å². The Labute approximate surface area is 126 Å². The molecule has 0 spiro atoms. The first-order valence-corrected chi connectivity index (χ1v) is 8.47. The third-order valence-corrected chi connectivity index (χ3v) is 5.29. The van der Waals surface area contributed by atoms with Crippen LogP contribution in [0.5, 0.6) is 0 Å². The van der Waals surface area contributed by atoms with Crippen molar-refractivity contribution in [2.75, 3.05) is 18.4 Å². The van der Waals surface area contributed by atoms with Crippen molar-refractivity contribution >= 4 is 11.6 Å². The molecule has 2 N–H and O–H groups in total. The second kappa shape index (κ2) is 5.36. The number of carbonyl (C=O) groups excluding carboxylic acids is 1. The number of nitrogens with one attached hydrogen (secondary N) is 2. The Balaban J connectivity index is 1.45. The highest BCUT2D eigenvalue weighted by molar-refractivity contribution is 5.97. The Kier molecular flexibility index (Phi) is 3.36. The molecule has 21 heavy (non-hydrogen) atoms. The molecule has 0 saturated heterocycles. The van der Waals surface area contributed by atoms with Crippen LogP contribution in [0.15, 0.2) is 18.2 Å². The minimum absolute atomic E-state index is 0.127. The fourth-order valence-corrected chi connectivity index (χ4v) is 3.80. The first kappa shape index (κ1) is 13.2. The van der Waals surface area contributed by atoms with E-state index in [2.05, 4.69) is 16.7 Å². The van der Waals surface area contributed by atoms with Crippen LogP contribution in [0.1, 0.15) is 48.0 Å². The summed E-state index contributed by atoms with van der Waals surface area (Å²) in [4.78, 5) is 12.6. The molecular formula is C18H24N2O. The lowest BCUT2D eigenvalue weighted by Crippen LogP contribution is -2.32. The molecule has 0 atom stereocenters. The Morgan fingerprint density at radius 3 is 2.71 bits per heavy atom. The number of rotatable bonds is 5. The van der Waals surface area contributed by atoms with Crippen LogP contribution in [0.2, 0.25) is 0 Å².